The van der Waals surface area contributed by atoms with Crippen LogP contribution >= 0.6 is 15.9 Å². The molecule has 0 aliphatic carbocycles. The minimum atomic E-state index is 0.210. The maximum absolute atomic E-state index is 8.58. The molecular formula is C10H14BrNO2. The molecule has 0 fully saturated rings. The summed E-state index contributed by atoms with van der Waals surface area (Å²) in [6.07, 6.45) is 1.61. The van der Waals surface area contributed by atoms with Gasteiger partial charge in [-0.1, -0.05) is 6.07 Å². The molecule has 0 aromatic heterocycles. The number of hydrogen-bond donors (Lipinski definition) is 2. The summed E-state index contributed by atoms with van der Waals surface area (Å²) in [5.74, 6) is 0.753. The molecule has 0 saturated heterocycles. The molecule has 1 rings (SSSR count). The zero-order chi connectivity index (χ0) is 10.4. The normalized spacial score (nSPS) is 10.1. The van der Waals surface area contributed by atoms with Crippen LogP contribution in [0.1, 0.15) is 12.8 Å². The SMILES string of the molecule is Nc1cccc(OCCCCO)c1Br. The molecule has 4 heteroatoms. The molecular weight excluding hydrogens is 246 g/mol. The monoisotopic (exact) mass is 259 g/mol. The van der Waals surface area contributed by atoms with Crippen LogP contribution in [0.5, 0.6) is 5.75 Å². The lowest BCUT2D eigenvalue weighted by Gasteiger charge is -2.08. The van der Waals surface area contributed by atoms with Gasteiger partial charge in [-0.05, 0) is 40.9 Å². The maximum atomic E-state index is 8.58. The fraction of sp³-hybridized carbons (Fsp3) is 0.400. The Labute approximate surface area is 92.0 Å². The number of nitrogens with two attached hydrogens (primary N) is 1. The Kier molecular flexibility index (Phi) is 4.76. The molecule has 0 amide bonds. The molecule has 0 bridgehead atoms. The number of aliphatic hydroxyl groups excluding tert-OH is 1. The highest BCUT2D eigenvalue weighted by Crippen LogP contribution is 2.30. The number of nitrogen functional groups attached to an aromatic ring is 1. The van der Waals surface area contributed by atoms with E-state index in [1.165, 1.54) is 0 Å². The van der Waals surface area contributed by atoms with Crippen molar-refractivity contribution in [3.05, 3.63) is 22.7 Å². The number of rotatable bonds is 5. The van der Waals surface area contributed by atoms with Crippen molar-refractivity contribution in [1.29, 1.82) is 0 Å². The van der Waals surface area contributed by atoms with Gasteiger partial charge in [0, 0.05) is 12.3 Å². The van der Waals surface area contributed by atoms with E-state index in [-0.39, 0.29) is 6.61 Å². The molecule has 0 heterocycles. The fourth-order valence-electron chi connectivity index (χ4n) is 1.04. The largest absolute Gasteiger partial charge is 0.492 e. The van der Waals surface area contributed by atoms with Crippen LogP contribution in [-0.2, 0) is 0 Å². The van der Waals surface area contributed by atoms with E-state index in [0.29, 0.717) is 12.3 Å². The first-order valence-corrected chi connectivity index (χ1v) is 5.32. The van der Waals surface area contributed by atoms with E-state index in [4.69, 9.17) is 15.6 Å². The summed E-state index contributed by atoms with van der Waals surface area (Å²) < 4.78 is 6.28. The highest BCUT2D eigenvalue weighted by atomic mass is 79.9. The van der Waals surface area contributed by atoms with E-state index < -0.39 is 0 Å². The second kappa shape index (κ2) is 5.88. The molecule has 0 spiro atoms. The summed E-state index contributed by atoms with van der Waals surface area (Å²) >= 11 is 3.35. The average Bonchev–Trinajstić information content (AvgIpc) is 2.19. The molecule has 3 N–H and O–H groups in total. The van der Waals surface area contributed by atoms with Gasteiger partial charge in [0.1, 0.15) is 5.75 Å². The van der Waals surface area contributed by atoms with Gasteiger partial charge < -0.3 is 15.6 Å². The number of ether oxygens (including phenoxy) is 1. The molecule has 78 valence electrons. The lowest BCUT2D eigenvalue weighted by Crippen LogP contribution is -2.00. The Morgan fingerprint density at radius 2 is 2.14 bits per heavy atom. The molecule has 0 saturated carbocycles. The Balaban J connectivity index is 2.46. The zero-order valence-electron chi connectivity index (χ0n) is 7.87. The van der Waals surface area contributed by atoms with Crippen LogP contribution in [0.4, 0.5) is 5.69 Å². The van der Waals surface area contributed by atoms with E-state index in [1.807, 2.05) is 18.2 Å². The van der Waals surface area contributed by atoms with Gasteiger partial charge in [-0.2, -0.15) is 0 Å². The number of unbranched alkanes of at least 4 members (excludes halogenated alkanes) is 1. The first-order valence-electron chi connectivity index (χ1n) is 4.53. The Morgan fingerprint density at radius 3 is 2.86 bits per heavy atom. The number of anilines is 1. The van der Waals surface area contributed by atoms with Gasteiger partial charge in [0.15, 0.2) is 0 Å². The minimum Gasteiger partial charge on any atom is -0.492 e. The van der Waals surface area contributed by atoms with E-state index >= 15 is 0 Å². The van der Waals surface area contributed by atoms with Crippen molar-refractivity contribution < 1.29 is 9.84 Å². The smallest absolute Gasteiger partial charge is 0.135 e. The zero-order valence-corrected chi connectivity index (χ0v) is 9.46. The van der Waals surface area contributed by atoms with E-state index in [2.05, 4.69) is 15.9 Å². The Morgan fingerprint density at radius 1 is 1.36 bits per heavy atom. The van der Waals surface area contributed by atoms with Gasteiger partial charge >= 0.3 is 0 Å². The van der Waals surface area contributed by atoms with Crippen molar-refractivity contribution in [2.24, 2.45) is 0 Å². The van der Waals surface area contributed by atoms with E-state index in [1.54, 1.807) is 0 Å². The van der Waals surface area contributed by atoms with Crippen molar-refractivity contribution in [2.45, 2.75) is 12.8 Å². The van der Waals surface area contributed by atoms with Gasteiger partial charge in [-0.3, -0.25) is 0 Å². The minimum absolute atomic E-state index is 0.210. The highest BCUT2D eigenvalue weighted by Gasteiger charge is 2.02. The maximum Gasteiger partial charge on any atom is 0.135 e. The highest BCUT2D eigenvalue weighted by molar-refractivity contribution is 9.10. The van der Waals surface area contributed by atoms with Crippen LogP contribution < -0.4 is 10.5 Å². The van der Waals surface area contributed by atoms with Crippen LogP contribution in [0.3, 0.4) is 0 Å². The standard InChI is InChI=1S/C10H14BrNO2/c11-10-8(12)4-3-5-9(10)14-7-2-1-6-13/h3-5,13H,1-2,6-7,12H2. The van der Waals surface area contributed by atoms with Gasteiger partial charge in [-0.25, -0.2) is 0 Å². The van der Waals surface area contributed by atoms with Crippen LogP contribution in [0.2, 0.25) is 0 Å². The van der Waals surface area contributed by atoms with Crippen LogP contribution in [0.15, 0.2) is 22.7 Å². The number of benzene rings is 1. The van der Waals surface area contributed by atoms with Gasteiger partial charge in [-0.15, -0.1) is 0 Å². The first kappa shape index (κ1) is 11.3. The molecule has 0 atom stereocenters. The fourth-order valence-corrected chi connectivity index (χ4v) is 1.41. The second-order valence-electron chi connectivity index (χ2n) is 2.94. The van der Waals surface area contributed by atoms with Crippen molar-refractivity contribution in [2.75, 3.05) is 18.9 Å². The first-order chi connectivity index (χ1) is 6.75. The third kappa shape index (κ3) is 3.20. The van der Waals surface area contributed by atoms with Crippen LogP contribution in [-0.4, -0.2) is 18.3 Å². The van der Waals surface area contributed by atoms with Gasteiger partial charge in [0.05, 0.1) is 11.1 Å². The Hall–Kier alpha value is -0.740. The average molecular weight is 260 g/mol. The predicted octanol–water partition coefficient (Wildman–Crippen LogP) is 2.18. The molecule has 1 aromatic carbocycles. The second-order valence-corrected chi connectivity index (χ2v) is 3.73. The summed E-state index contributed by atoms with van der Waals surface area (Å²) in [6, 6.07) is 5.52. The van der Waals surface area contributed by atoms with Crippen molar-refractivity contribution in [3.8, 4) is 5.75 Å². The number of hydrogen-bond acceptors (Lipinski definition) is 3. The molecule has 14 heavy (non-hydrogen) atoms. The summed E-state index contributed by atoms with van der Waals surface area (Å²) in [7, 11) is 0. The molecule has 1 aromatic rings. The Bertz CT molecular complexity index is 291. The topological polar surface area (TPSA) is 55.5 Å². The third-order valence-electron chi connectivity index (χ3n) is 1.80. The molecule has 0 aliphatic rings. The number of halogens is 1. The number of aliphatic hydroxyl groups is 1. The molecule has 0 unspecified atom stereocenters. The molecule has 0 radical (unpaired) electrons. The molecule has 3 nitrogen and oxygen atoms in total. The summed E-state index contributed by atoms with van der Waals surface area (Å²) in [5, 5.41) is 8.58. The van der Waals surface area contributed by atoms with E-state index in [9.17, 15) is 0 Å². The van der Waals surface area contributed by atoms with Crippen LogP contribution in [0.25, 0.3) is 0 Å². The van der Waals surface area contributed by atoms with Crippen molar-refractivity contribution in [1.82, 2.24) is 0 Å². The van der Waals surface area contributed by atoms with Gasteiger partial charge in [0.2, 0.25) is 0 Å². The van der Waals surface area contributed by atoms with Crippen molar-refractivity contribution >= 4 is 21.6 Å². The summed E-state index contributed by atoms with van der Waals surface area (Å²) in [6.45, 7) is 0.810. The predicted molar refractivity (Wildman–Crippen MR) is 60.4 cm³/mol. The quantitative estimate of drug-likeness (QED) is 0.630. The van der Waals surface area contributed by atoms with Gasteiger partial charge in [0.25, 0.3) is 0 Å². The lowest BCUT2D eigenvalue weighted by molar-refractivity contribution is 0.252. The summed E-state index contributed by atoms with van der Waals surface area (Å²) in [5.41, 5.74) is 6.36. The van der Waals surface area contributed by atoms with Crippen molar-refractivity contribution in [3.63, 3.8) is 0 Å². The summed E-state index contributed by atoms with van der Waals surface area (Å²) in [4.78, 5) is 0. The lowest BCUT2D eigenvalue weighted by atomic mass is 10.3. The molecule has 0 aliphatic heterocycles. The van der Waals surface area contributed by atoms with E-state index in [0.717, 1.165) is 23.1 Å². The van der Waals surface area contributed by atoms with Crippen LogP contribution in [0, 0.1) is 0 Å². The third-order valence-corrected chi connectivity index (χ3v) is 2.65.